The Balaban J connectivity index is -0.00000161. The average Bonchev–Trinajstić information content (AvgIpc) is 2.49. The third-order valence-corrected chi connectivity index (χ3v) is 3.64. The molecule has 8 nitrogen and oxygen atoms in total. The van der Waals surface area contributed by atoms with Crippen molar-refractivity contribution in [3.05, 3.63) is 0 Å². The Hall–Kier alpha value is 3.55. The van der Waals surface area contributed by atoms with Crippen LogP contribution in [0.5, 0.6) is 0 Å². The summed E-state index contributed by atoms with van der Waals surface area (Å²) in [5.41, 5.74) is 0. The number of hydrogen-bond donors (Lipinski definition) is 4. The summed E-state index contributed by atoms with van der Waals surface area (Å²) in [6, 6.07) is -0.618. The molecule has 0 bridgehead atoms. The van der Waals surface area contributed by atoms with Gasteiger partial charge in [-0.25, -0.2) is 0 Å². The molecule has 0 spiro atoms. The van der Waals surface area contributed by atoms with E-state index in [1.807, 2.05) is 13.8 Å². The van der Waals surface area contributed by atoms with Crippen LogP contribution in [0.2, 0.25) is 0 Å². The fraction of sp³-hybridized carbons (Fsp3) is 0.929. The fourth-order valence-electron chi connectivity index (χ4n) is 2.33. The van der Waals surface area contributed by atoms with Crippen LogP contribution in [-0.2, 0) is 19.0 Å². The Labute approximate surface area is 256 Å². The molecule has 0 aromatic rings. The summed E-state index contributed by atoms with van der Waals surface area (Å²) in [4.78, 5) is 11.7. The first-order chi connectivity index (χ1) is 10.3. The summed E-state index contributed by atoms with van der Waals surface area (Å²) < 4.78 is 15.7. The van der Waals surface area contributed by atoms with E-state index in [0.717, 1.165) is 0 Å². The van der Waals surface area contributed by atoms with Gasteiger partial charge in [-0.05, 0) is 0 Å². The third kappa shape index (κ3) is 10.9. The molecule has 3 radical (unpaired) electrons. The third-order valence-electron chi connectivity index (χ3n) is 3.64. The summed E-state index contributed by atoms with van der Waals surface area (Å²) in [6.45, 7) is 4.99. The normalized spacial score (nSPS) is 29.7. The van der Waals surface area contributed by atoms with E-state index < -0.39 is 49.1 Å². The van der Waals surface area contributed by atoms with Crippen LogP contribution in [-0.4, -0.2) is 78.3 Å². The van der Waals surface area contributed by atoms with Crippen LogP contribution >= 0.6 is 0 Å². The zero-order valence-corrected chi connectivity index (χ0v) is 29.4. The maximum absolute atomic E-state index is 11.7. The van der Waals surface area contributed by atoms with Gasteiger partial charge in [0, 0.05) is 144 Å². The number of hydrogen-bond acceptors (Lipinski definition) is 8. The molecule has 1 aliphatic heterocycles. The van der Waals surface area contributed by atoms with Gasteiger partial charge in [-0.1, -0.05) is 20.8 Å². The van der Waals surface area contributed by atoms with Crippen LogP contribution in [0.15, 0.2) is 0 Å². The van der Waals surface area contributed by atoms with Crippen LogP contribution in [0.1, 0.15) is 20.8 Å². The van der Waals surface area contributed by atoms with Crippen LogP contribution in [0.3, 0.4) is 0 Å². The van der Waals surface area contributed by atoms with Crippen molar-refractivity contribution in [1.82, 2.24) is 5.32 Å². The second-order valence-electron chi connectivity index (χ2n) is 5.80. The molecule has 0 aromatic heterocycles. The maximum atomic E-state index is 11.7. The van der Waals surface area contributed by atoms with Gasteiger partial charge < -0.3 is 34.8 Å². The molecule has 1 saturated heterocycles. The minimum Gasteiger partial charge on any atom is -0.468 e. The molecule has 4 N–H and O–H groups in total. The molecule has 0 aliphatic carbocycles. The molecular weight excluding hydrogens is 975 g/mol. The van der Waals surface area contributed by atoms with Gasteiger partial charge in [0.05, 0.1) is 26.4 Å². The van der Waals surface area contributed by atoms with Crippen molar-refractivity contribution in [2.24, 2.45) is 5.92 Å². The van der Waals surface area contributed by atoms with Crippen molar-refractivity contribution in [1.29, 1.82) is 0 Å². The monoisotopic (exact) mass is 1000 g/mol. The molecule has 11 heteroatoms. The van der Waals surface area contributed by atoms with Crippen molar-refractivity contribution >= 4 is 5.97 Å². The van der Waals surface area contributed by atoms with E-state index >= 15 is 0 Å². The fourth-order valence-corrected chi connectivity index (χ4v) is 2.33. The number of nitrogens with one attached hydrogen (secondary N) is 1. The molecule has 1 fully saturated rings. The second kappa shape index (κ2) is 17.3. The van der Waals surface area contributed by atoms with Gasteiger partial charge in [0.2, 0.25) is 0 Å². The van der Waals surface area contributed by atoms with E-state index in [0.29, 0.717) is 0 Å². The number of methoxy groups -OCH3 is 1. The largest absolute Gasteiger partial charge is 0.468 e. The van der Waals surface area contributed by atoms with E-state index in [1.54, 1.807) is 6.92 Å². The Morgan fingerprint density at radius 1 is 1.20 bits per heavy atom. The number of ether oxygens (including phenoxy) is 3. The van der Waals surface area contributed by atoms with Crippen molar-refractivity contribution in [2.75, 3.05) is 20.3 Å². The number of aliphatic hydroxyl groups excluding tert-OH is 3. The van der Waals surface area contributed by atoms with E-state index in [1.165, 1.54) is 7.11 Å². The number of carbonyl (C=O) groups excluding carboxylic acids is 1. The van der Waals surface area contributed by atoms with Gasteiger partial charge in [-0.15, -0.1) is 0 Å². The minimum absolute atomic E-state index is 0. The van der Waals surface area contributed by atoms with Crippen molar-refractivity contribution in [3.8, 4) is 0 Å². The quantitative estimate of drug-likeness (QED) is 0.231. The number of aliphatic hydroxyl groups is 3. The van der Waals surface area contributed by atoms with Crippen molar-refractivity contribution < 1.29 is 167 Å². The van der Waals surface area contributed by atoms with Crippen molar-refractivity contribution in [3.63, 3.8) is 0 Å². The molecular formula is C14H27Ac3NO7. The second-order valence-corrected chi connectivity index (χ2v) is 5.80. The van der Waals surface area contributed by atoms with E-state index in [-0.39, 0.29) is 145 Å². The van der Waals surface area contributed by atoms with Gasteiger partial charge in [-0.2, -0.15) is 0 Å². The van der Waals surface area contributed by atoms with Gasteiger partial charge in [0.1, 0.15) is 18.2 Å². The zero-order chi connectivity index (χ0) is 16.9. The first-order valence-corrected chi connectivity index (χ1v) is 7.39. The van der Waals surface area contributed by atoms with E-state index in [2.05, 4.69) is 5.32 Å². The maximum Gasteiger partial charge on any atom is 0.325 e. The Kier molecular flexibility index (Phi) is 22.9. The van der Waals surface area contributed by atoms with Crippen LogP contribution < -0.4 is 5.32 Å². The standard InChI is InChI=1S/C14H27NO7.3Ac/c1-7(2)15-9(13(19)20-4)6-21-14-8(3)11(17)12(18)10(5-16)22-14;;;/h7-12,14-18H,5-6H2,1-4H3;;;. The number of esters is 1. The van der Waals surface area contributed by atoms with E-state index in [4.69, 9.17) is 19.3 Å². The molecule has 25 heavy (non-hydrogen) atoms. The molecule has 1 aliphatic rings. The van der Waals surface area contributed by atoms with Crippen LogP contribution in [0.25, 0.3) is 0 Å². The first kappa shape index (κ1) is 33.2. The minimum atomic E-state index is -1.18. The SMILES string of the molecule is COC(=O)C(COC1OC(CO)C(O)C(O)C1C)NC(C)C.[Ac].[Ac].[Ac]. The molecule has 1 heterocycles. The van der Waals surface area contributed by atoms with Crippen LogP contribution in [0, 0.1) is 138 Å². The van der Waals surface area contributed by atoms with Gasteiger partial charge in [0.15, 0.2) is 6.29 Å². The summed E-state index contributed by atoms with van der Waals surface area (Å²) in [5.74, 6) is -0.966. The molecule has 1 rings (SSSR count). The molecule has 139 valence electrons. The Bertz CT molecular complexity index is 363. The summed E-state index contributed by atoms with van der Waals surface area (Å²) in [7, 11) is 1.29. The van der Waals surface area contributed by atoms with Crippen LogP contribution in [0.4, 0.5) is 0 Å². The Morgan fingerprint density at radius 3 is 2.20 bits per heavy atom. The molecule has 6 unspecified atom stereocenters. The van der Waals surface area contributed by atoms with Gasteiger partial charge in [-0.3, -0.25) is 4.79 Å². The van der Waals surface area contributed by atoms with Gasteiger partial charge in [0.25, 0.3) is 0 Å². The molecule has 0 saturated carbocycles. The zero-order valence-electron chi connectivity index (χ0n) is 15.2. The summed E-state index contributed by atoms with van der Waals surface area (Å²) in [6.07, 6.45) is -4.02. The molecule has 6 atom stereocenters. The predicted octanol–water partition coefficient (Wildman–Crippen LogP) is -1.38. The number of rotatable bonds is 7. The number of carbonyl (C=O) groups is 1. The van der Waals surface area contributed by atoms with Gasteiger partial charge >= 0.3 is 5.97 Å². The average molecular weight is 1000 g/mol. The first-order valence-electron chi connectivity index (χ1n) is 7.39. The summed E-state index contributed by atoms with van der Waals surface area (Å²) >= 11 is 0. The van der Waals surface area contributed by atoms with E-state index in [9.17, 15) is 15.0 Å². The van der Waals surface area contributed by atoms with Crippen molar-refractivity contribution in [2.45, 2.75) is 57.5 Å². The smallest absolute Gasteiger partial charge is 0.325 e. The summed E-state index contributed by atoms with van der Waals surface area (Å²) in [5, 5.41) is 31.9. The topological polar surface area (TPSA) is 117 Å². The molecule has 0 aromatic carbocycles. The molecule has 0 amide bonds. The Morgan fingerprint density at radius 2 is 1.76 bits per heavy atom. The predicted molar refractivity (Wildman–Crippen MR) is 77.0 cm³/mol.